The summed E-state index contributed by atoms with van der Waals surface area (Å²) in [6, 6.07) is 7.86. The molecule has 3 nitrogen and oxygen atoms in total. The number of anilines is 1. The van der Waals surface area contributed by atoms with Crippen LogP contribution in [-0.4, -0.2) is 25.5 Å². The molecule has 0 saturated heterocycles. The van der Waals surface area contributed by atoms with Gasteiger partial charge in [-0.1, -0.05) is 12.1 Å². The van der Waals surface area contributed by atoms with Crippen molar-refractivity contribution in [2.75, 3.05) is 18.5 Å². The van der Waals surface area contributed by atoms with E-state index >= 15 is 0 Å². The molecule has 1 unspecified atom stereocenters. The number of amides is 1. The molecule has 0 aliphatic rings. The minimum absolute atomic E-state index is 0.107. The predicted octanol–water partition coefficient (Wildman–Crippen LogP) is 1.96. The summed E-state index contributed by atoms with van der Waals surface area (Å²) in [5, 5.41) is 2.97. The largest absolute Gasteiger partial charge is 0.311 e. The third-order valence-electron chi connectivity index (χ3n) is 2.70. The van der Waals surface area contributed by atoms with Gasteiger partial charge in [-0.25, -0.2) is 0 Å². The molecule has 1 aromatic rings. The van der Waals surface area contributed by atoms with Gasteiger partial charge in [0, 0.05) is 12.2 Å². The normalized spacial score (nSPS) is 12.2. The van der Waals surface area contributed by atoms with Gasteiger partial charge in [0.2, 0.25) is 5.91 Å². The number of rotatable bonds is 4. The van der Waals surface area contributed by atoms with Crippen molar-refractivity contribution in [3.8, 4) is 0 Å². The molecule has 1 aromatic carbocycles. The third-order valence-corrected chi connectivity index (χ3v) is 2.70. The summed E-state index contributed by atoms with van der Waals surface area (Å²) in [6.07, 6.45) is 0. The SMILES string of the molecule is CCN(C(=O)C(C)NC)c1cccc(C)c1. The van der Waals surface area contributed by atoms with Crippen molar-refractivity contribution in [2.45, 2.75) is 26.8 Å². The Morgan fingerprint density at radius 2 is 2.19 bits per heavy atom. The zero-order valence-corrected chi connectivity index (χ0v) is 10.4. The standard InChI is InChI=1S/C13H20N2O/c1-5-15(13(16)11(3)14-4)12-8-6-7-10(2)9-12/h6-9,11,14H,5H2,1-4H3. The summed E-state index contributed by atoms with van der Waals surface area (Å²) in [5.74, 6) is 0.107. The van der Waals surface area contributed by atoms with Crippen molar-refractivity contribution < 1.29 is 4.79 Å². The Bertz CT molecular complexity index is 363. The van der Waals surface area contributed by atoms with Crippen molar-refractivity contribution >= 4 is 11.6 Å². The quantitative estimate of drug-likeness (QED) is 0.841. The van der Waals surface area contributed by atoms with Crippen LogP contribution in [0.25, 0.3) is 0 Å². The molecular formula is C13H20N2O. The van der Waals surface area contributed by atoms with E-state index in [-0.39, 0.29) is 11.9 Å². The molecule has 1 rings (SSSR count). The Hall–Kier alpha value is -1.35. The lowest BCUT2D eigenvalue weighted by molar-refractivity contribution is -0.120. The van der Waals surface area contributed by atoms with Gasteiger partial charge >= 0.3 is 0 Å². The van der Waals surface area contributed by atoms with Gasteiger partial charge in [0.1, 0.15) is 0 Å². The van der Waals surface area contributed by atoms with Crippen LogP contribution in [0, 0.1) is 6.92 Å². The Balaban J connectivity index is 2.94. The van der Waals surface area contributed by atoms with Crippen LogP contribution in [0.15, 0.2) is 24.3 Å². The van der Waals surface area contributed by atoms with Gasteiger partial charge in [-0.2, -0.15) is 0 Å². The van der Waals surface area contributed by atoms with E-state index in [1.54, 1.807) is 11.9 Å². The Morgan fingerprint density at radius 3 is 2.69 bits per heavy atom. The topological polar surface area (TPSA) is 32.3 Å². The fraction of sp³-hybridized carbons (Fsp3) is 0.462. The van der Waals surface area contributed by atoms with Gasteiger partial charge < -0.3 is 10.2 Å². The second kappa shape index (κ2) is 5.66. The van der Waals surface area contributed by atoms with Crippen LogP contribution in [0.2, 0.25) is 0 Å². The second-order valence-electron chi connectivity index (χ2n) is 3.93. The van der Waals surface area contributed by atoms with E-state index in [1.165, 1.54) is 5.56 Å². The van der Waals surface area contributed by atoms with Gasteiger partial charge in [-0.05, 0) is 45.5 Å². The Morgan fingerprint density at radius 1 is 1.50 bits per heavy atom. The molecular weight excluding hydrogens is 200 g/mol. The van der Waals surface area contributed by atoms with Gasteiger partial charge in [-0.3, -0.25) is 4.79 Å². The van der Waals surface area contributed by atoms with Crippen molar-refractivity contribution in [1.29, 1.82) is 0 Å². The van der Waals surface area contributed by atoms with Crippen LogP contribution in [-0.2, 0) is 4.79 Å². The first-order valence-corrected chi connectivity index (χ1v) is 5.65. The zero-order chi connectivity index (χ0) is 12.1. The Kier molecular flexibility index (Phi) is 4.50. The van der Waals surface area contributed by atoms with Crippen LogP contribution >= 0.6 is 0 Å². The molecule has 88 valence electrons. The highest BCUT2D eigenvalue weighted by molar-refractivity contribution is 5.96. The second-order valence-corrected chi connectivity index (χ2v) is 3.93. The number of hydrogen-bond donors (Lipinski definition) is 1. The molecule has 0 radical (unpaired) electrons. The molecule has 0 saturated carbocycles. The number of aryl methyl sites for hydroxylation is 1. The average molecular weight is 220 g/mol. The minimum Gasteiger partial charge on any atom is -0.311 e. The monoisotopic (exact) mass is 220 g/mol. The molecule has 0 fully saturated rings. The zero-order valence-electron chi connectivity index (χ0n) is 10.4. The van der Waals surface area contributed by atoms with Crippen LogP contribution in [0.5, 0.6) is 0 Å². The van der Waals surface area contributed by atoms with E-state index < -0.39 is 0 Å². The molecule has 3 heteroatoms. The van der Waals surface area contributed by atoms with E-state index in [0.717, 1.165) is 5.69 Å². The highest BCUT2D eigenvalue weighted by Crippen LogP contribution is 2.16. The maximum Gasteiger partial charge on any atom is 0.243 e. The van der Waals surface area contributed by atoms with Gasteiger partial charge in [0.25, 0.3) is 0 Å². The van der Waals surface area contributed by atoms with Crippen LogP contribution in [0.3, 0.4) is 0 Å². The minimum atomic E-state index is -0.152. The third kappa shape index (κ3) is 2.83. The molecule has 0 aliphatic carbocycles. The fourth-order valence-corrected chi connectivity index (χ4v) is 1.62. The van der Waals surface area contributed by atoms with Gasteiger partial charge in [-0.15, -0.1) is 0 Å². The molecule has 0 aromatic heterocycles. The fourth-order valence-electron chi connectivity index (χ4n) is 1.62. The van der Waals surface area contributed by atoms with Crippen LogP contribution in [0.4, 0.5) is 5.69 Å². The number of carbonyl (C=O) groups is 1. The van der Waals surface area contributed by atoms with Gasteiger partial charge in [0.05, 0.1) is 6.04 Å². The lowest BCUT2D eigenvalue weighted by atomic mass is 10.2. The average Bonchev–Trinajstić information content (AvgIpc) is 2.29. The molecule has 0 bridgehead atoms. The maximum absolute atomic E-state index is 12.1. The smallest absolute Gasteiger partial charge is 0.243 e. The number of likely N-dealkylation sites (N-methyl/N-ethyl adjacent to an activating group) is 2. The molecule has 1 atom stereocenters. The maximum atomic E-state index is 12.1. The van der Waals surface area contributed by atoms with E-state index in [1.807, 2.05) is 45.0 Å². The number of benzene rings is 1. The summed E-state index contributed by atoms with van der Waals surface area (Å²) in [6.45, 7) is 6.58. The molecule has 0 spiro atoms. The van der Waals surface area contributed by atoms with Crippen molar-refractivity contribution in [3.05, 3.63) is 29.8 Å². The number of nitrogens with one attached hydrogen (secondary N) is 1. The molecule has 0 heterocycles. The van der Waals surface area contributed by atoms with E-state index in [4.69, 9.17) is 0 Å². The number of hydrogen-bond acceptors (Lipinski definition) is 2. The first-order valence-electron chi connectivity index (χ1n) is 5.65. The van der Waals surface area contributed by atoms with Crippen LogP contribution in [0.1, 0.15) is 19.4 Å². The van der Waals surface area contributed by atoms with E-state index in [2.05, 4.69) is 5.32 Å². The lowest BCUT2D eigenvalue weighted by Crippen LogP contribution is -2.43. The molecule has 1 amide bonds. The predicted molar refractivity (Wildman–Crippen MR) is 67.7 cm³/mol. The number of carbonyl (C=O) groups excluding carboxylic acids is 1. The summed E-state index contributed by atoms with van der Waals surface area (Å²) >= 11 is 0. The van der Waals surface area contributed by atoms with Crippen LogP contribution < -0.4 is 10.2 Å². The van der Waals surface area contributed by atoms with Gasteiger partial charge in [0.15, 0.2) is 0 Å². The van der Waals surface area contributed by atoms with E-state index in [9.17, 15) is 4.79 Å². The van der Waals surface area contributed by atoms with Crippen molar-refractivity contribution in [2.24, 2.45) is 0 Å². The molecule has 16 heavy (non-hydrogen) atoms. The summed E-state index contributed by atoms with van der Waals surface area (Å²) in [4.78, 5) is 13.9. The first kappa shape index (κ1) is 12.7. The Labute approximate surface area is 97.5 Å². The highest BCUT2D eigenvalue weighted by Gasteiger charge is 2.18. The summed E-state index contributed by atoms with van der Waals surface area (Å²) in [7, 11) is 1.80. The molecule has 1 N–H and O–H groups in total. The molecule has 0 aliphatic heterocycles. The lowest BCUT2D eigenvalue weighted by Gasteiger charge is -2.24. The highest BCUT2D eigenvalue weighted by atomic mass is 16.2. The van der Waals surface area contributed by atoms with Crippen molar-refractivity contribution in [1.82, 2.24) is 5.32 Å². The van der Waals surface area contributed by atoms with E-state index in [0.29, 0.717) is 6.54 Å². The summed E-state index contributed by atoms with van der Waals surface area (Å²) < 4.78 is 0. The summed E-state index contributed by atoms with van der Waals surface area (Å²) in [5.41, 5.74) is 2.13. The number of nitrogens with zero attached hydrogens (tertiary/aromatic N) is 1. The first-order chi connectivity index (χ1) is 7.60. The van der Waals surface area contributed by atoms with Crippen molar-refractivity contribution in [3.63, 3.8) is 0 Å².